The van der Waals surface area contributed by atoms with Crippen molar-refractivity contribution in [3.63, 3.8) is 0 Å². The van der Waals surface area contributed by atoms with Crippen molar-refractivity contribution in [1.29, 1.82) is 0 Å². The number of aromatic nitrogens is 2. The van der Waals surface area contributed by atoms with Crippen LogP contribution in [-0.4, -0.2) is 65.1 Å². The van der Waals surface area contributed by atoms with Crippen LogP contribution >= 0.6 is 0 Å². The monoisotopic (exact) mass is 343 g/mol. The number of carbonyl (C=O) groups is 2. The van der Waals surface area contributed by atoms with Crippen molar-refractivity contribution in [1.82, 2.24) is 19.6 Å². The van der Waals surface area contributed by atoms with Crippen molar-refractivity contribution < 1.29 is 9.59 Å². The Morgan fingerprint density at radius 1 is 1.08 bits per heavy atom. The average molecular weight is 343 g/mol. The highest BCUT2D eigenvalue weighted by atomic mass is 16.2. The van der Waals surface area contributed by atoms with Crippen LogP contribution in [0.2, 0.25) is 0 Å². The first-order chi connectivity index (χ1) is 12.0. The van der Waals surface area contributed by atoms with Gasteiger partial charge < -0.3 is 15.1 Å². The first kappa shape index (κ1) is 18.7. The van der Waals surface area contributed by atoms with Crippen LogP contribution < -0.4 is 5.32 Å². The van der Waals surface area contributed by atoms with E-state index in [1.807, 2.05) is 49.3 Å². The van der Waals surface area contributed by atoms with Gasteiger partial charge in [0.25, 0.3) is 0 Å². The molecule has 2 amide bonds. The number of aryl methyl sites for hydroxylation is 1. The molecule has 0 bridgehead atoms. The number of amides is 2. The van der Waals surface area contributed by atoms with E-state index in [2.05, 4.69) is 10.4 Å². The number of anilines is 1. The molecule has 0 aliphatic carbocycles. The van der Waals surface area contributed by atoms with Gasteiger partial charge in [-0.05, 0) is 26.1 Å². The zero-order chi connectivity index (χ0) is 18.2. The summed E-state index contributed by atoms with van der Waals surface area (Å²) in [6.07, 6.45) is 2.41. The molecule has 0 spiro atoms. The van der Waals surface area contributed by atoms with Gasteiger partial charge in [-0.2, -0.15) is 5.10 Å². The van der Waals surface area contributed by atoms with E-state index in [0.29, 0.717) is 31.9 Å². The van der Waals surface area contributed by atoms with Crippen LogP contribution in [0.25, 0.3) is 0 Å². The summed E-state index contributed by atoms with van der Waals surface area (Å²) in [4.78, 5) is 28.4. The van der Waals surface area contributed by atoms with Crippen LogP contribution in [0.4, 0.5) is 5.82 Å². The van der Waals surface area contributed by atoms with Gasteiger partial charge in [-0.25, -0.2) is 0 Å². The Kier molecular flexibility index (Phi) is 6.71. The molecule has 7 heteroatoms. The summed E-state index contributed by atoms with van der Waals surface area (Å²) < 4.78 is 1.57. The van der Waals surface area contributed by atoms with Gasteiger partial charge in [0, 0.05) is 38.9 Å². The van der Waals surface area contributed by atoms with Crippen LogP contribution in [0.1, 0.15) is 5.56 Å². The van der Waals surface area contributed by atoms with Crippen molar-refractivity contribution in [2.24, 2.45) is 7.05 Å². The Hall–Kier alpha value is -2.67. The fourth-order valence-corrected chi connectivity index (χ4v) is 2.34. The van der Waals surface area contributed by atoms with E-state index in [4.69, 9.17) is 0 Å². The normalized spacial score (nSPS) is 10.7. The Labute approximate surface area is 148 Å². The summed E-state index contributed by atoms with van der Waals surface area (Å²) in [5.74, 6) is -0.828. The lowest BCUT2D eigenvalue weighted by molar-refractivity contribution is -0.143. The lowest BCUT2D eigenvalue weighted by Crippen LogP contribution is -2.43. The molecule has 1 aromatic carbocycles. The highest BCUT2D eigenvalue weighted by Gasteiger charge is 2.22. The van der Waals surface area contributed by atoms with Crippen molar-refractivity contribution in [3.05, 3.63) is 48.2 Å². The zero-order valence-electron chi connectivity index (χ0n) is 15.0. The molecule has 2 aromatic rings. The van der Waals surface area contributed by atoms with Crippen LogP contribution in [0.15, 0.2) is 42.6 Å². The smallest absolute Gasteiger partial charge is 0.315 e. The molecule has 0 radical (unpaired) electrons. The third-order valence-corrected chi connectivity index (χ3v) is 3.77. The molecule has 1 N–H and O–H groups in total. The number of rotatable bonds is 7. The fraction of sp³-hybridized carbons (Fsp3) is 0.389. The molecule has 0 atom stereocenters. The minimum absolute atomic E-state index is 0.372. The second kappa shape index (κ2) is 8.98. The molecule has 0 fully saturated rings. The van der Waals surface area contributed by atoms with Crippen molar-refractivity contribution in [2.45, 2.75) is 6.42 Å². The average Bonchev–Trinajstić information content (AvgIpc) is 3.00. The minimum Gasteiger partial charge on any atom is -0.333 e. The standard InChI is InChI=1S/C18H25N5O2/c1-21(2)13-14-23(12-9-15-7-5-4-6-8-15)18(25)17(24)19-16-10-11-22(3)20-16/h4-8,10-11H,9,12-14H2,1-3H3,(H,19,20,24). The maximum atomic E-state index is 12.5. The Balaban J connectivity index is 1.99. The van der Waals surface area contributed by atoms with Gasteiger partial charge in [0.1, 0.15) is 0 Å². The molecule has 0 saturated heterocycles. The second-order valence-corrected chi connectivity index (χ2v) is 6.16. The number of nitrogens with zero attached hydrogens (tertiary/aromatic N) is 4. The van der Waals surface area contributed by atoms with Crippen molar-refractivity contribution in [3.8, 4) is 0 Å². The van der Waals surface area contributed by atoms with E-state index in [9.17, 15) is 9.59 Å². The molecule has 0 aliphatic rings. The number of likely N-dealkylation sites (N-methyl/N-ethyl adjacent to an activating group) is 1. The highest BCUT2D eigenvalue weighted by molar-refractivity contribution is 6.39. The summed E-state index contributed by atoms with van der Waals surface area (Å²) in [6.45, 7) is 1.68. The first-order valence-electron chi connectivity index (χ1n) is 8.24. The fourth-order valence-electron chi connectivity index (χ4n) is 2.34. The van der Waals surface area contributed by atoms with E-state index < -0.39 is 11.8 Å². The number of carbonyl (C=O) groups excluding carboxylic acids is 2. The maximum absolute atomic E-state index is 12.5. The van der Waals surface area contributed by atoms with Crippen LogP contribution in [0.3, 0.4) is 0 Å². The summed E-state index contributed by atoms with van der Waals surface area (Å²) in [7, 11) is 5.63. The Morgan fingerprint density at radius 3 is 2.40 bits per heavy atom. The van der Waals surface area contributed by atoms with Gasteiger partial charge in [0.05, 0.1) is 0 Å². The maximum Gasteiger partial charge on any atom is 0.315 e. The van der Waals surface area contributed by atoms with Crippen molar-refractivity contribution in [2.75, 3.05) is 39.0 Å². The molecular weight excluding hydrogens is 318 g/mol. The van der Waals surface area contributed by atoms with Gasteiger partial charge in [-0.3, -0.25) is 14.3 Å². The summed E-state index contributed by atoms with van der Waals surface area (Å²) >= 11 is 0. The topological polar surface area (TPSA) is 70.5 Å². The summed E-state index contributed by atoms with van der Waals surface area (Å²) in [5.41, 5.74) is 1.13. The number of benzene rings is 1. The molecule has 134 valence electrons. The number of hydrogen-bond acceptors (Lipinski definition) is 4. The molecule has 0 aliphatic heterocycles. The highest BCUT2D eigenvalue weighted by Crippen LogP contribution is 2.05. The second-order valence-electron chi connectivity index (χ2n) is 6.16. The molecule has 1 heterocycles. The zero-order valence-corrected chi connectivity index (χ0v) is 15.0. The number of nitrogens with one attached hydrogen (secondary N) is 1. The Morgan fingerprint density at radius 2 is 1.80 bits per heavy atom. The van der Waals surface area contributed by atoms with Gasteiger partial charge in [-0.15, -0.1) is 0 Å². The van der Waals surface area contributed by atoms with Gasteiger partial charge >= 0.3 is 11.8 Å². The van der Waals surface area contributed by atoms with Gasteiger partial charge in [0.2, 0.25) is 0 Å². The molecule has 0 unspecified atom stereocenters. The van der Waals surface area contributed by atoms with Crippen LogP contribution in [-0.2, 0) is 23.1 Å². The lowest BCUT2D eigenvalue weighted by Gasteiger charge is -2.23. The third kappa shape index (κ3) is 6.04. The van der Waals surface area contributed by atoms with Crippen molar-refractivity contribution >= 4 is 17.6 Å². The largest absolute Gasteiger partial charge is 0.333 e. The van der Waals surface area contributed by atoms with Crippen LogP contribution in [0, 0.1) is 0 Å². The molecule has 1 aromatic heterocycles. The van der Waals surface area contributed by atoms with E-state index in [1.54, 1.807) is 28.9 Å². The van der Waals surface area contributed by atoms with E-state index in [1.165, 1.54) is 0 Å². The molecule has 2 rings (SSSR count). The van der Waals surface area contributed by atoms with E-state index in [-0.39, 0.29) is 0 Å². The van der Waals surface area contributed by atoms with E-state index in [0.717, 1.165) is 5.56 Å². The SMILES string of the molecule is CN(C)CCN(CCc1ccccc1)C(=O)C(=O)Nc1ccn(C)n1. The summed E-state index contributed by atoms with van der Waals surface area (Å²) in [5, 5.41) is 6.62. The molecular formula is C18H25N5O2. The molecule has 25 heavy (non-hydrogen) atoms. The first-order valence-corrected chi connectivity index (χ1v) is 8.24. The van der Waals surface area contributed by atoms with Crippen LogP contribution in [0.5, 0.6) is 0 Å². The summed E-state index contributed by atoms with van der Waals surface area (Å²) in [6, 6.07) is 11.6. The predicted molar refractivity (Wildman–Crippen MR) is 97.1 cm³/mol. The minimum atomic E-state index is -0.662. The number of hydrogen-bond donors (Lipinski definition) is 1. The predicted octanol–water partition coefficient (Wildman–Crippen LogP) is 0.991. The quantitative estimate of drug-likeness (QED) is 0.761. The molecule has 7 nitrogen and oxygen atoms in total. The molecule has 0 saturated carbocycles. The van der Waals surface area contributed by atoms with Gasteiger partial charge in [-0.1, -0.05) is 30.3 Å². The van der Waals surface area contributed by atoms with Gasteiger partial charge in [0.15, 0.2) is 5.82 Å². The third-order valence-electron chi connectivity index (χ3n) is 3.77. The van der Waals surface area contributed by atoms with E-state index >= 15 is 0 Å². The Bertz CT molecular complexity index is 697. The lowest BCUT2D eigenvalue weighted by atomic mass is 10.1.